The van der Waals surface area contributed by atoms with Crippen molar-refractivity contribution in [3.8, 4) is 0 Å². The van der Waals surface area contributed by atoms with E-state index >= 15 is 0 Å². The summed E-state index contributed by atoms with van der Waals surface area (Å²) < 4.78 is 0. The van der Waals surface area contributed by atoms with Crippen LogP contribution in [-0.2, 0) is 4.79 Å². The molecule has 2 heterocycles. The fourth-order valence-electron chi connectivity index (χ4n) is 3.71. The Hall–Kier alpha value is -1.10. The summed E-state index contributed by atoms with van der Waals surface area (Å²) in [5, 5.41) is 11.0. The fourth-order valence-corrected chi connectivity index (χ4v) is 3.98. The van der Waals surface area contributed by atoms with E-state index in [9.17, 15) is 9.90 Å². The van der Waals surface area contributed by atoms with Crippen LogP contribution in [0.3, 0.4) is 0 Å². The fraction of sp³-hybridized carbons (Fsp3) is 0.611. The molecule has 0 aliphatic carbocycles. The average molecular weight is 337 g/mol. The number of rotatable bonds is 4. The molecule has 2 fully saturated rings. The Bertz CT molecular complexity index is 544. The Kier molecular flexibility index (Phi) is 5.57. The third-order valence-electron chi connectivity index (χ3n) is 5.05. The topological polar surface area (TPSA) is 43.8 Å². The molecule has 1 aromatic rings. The van der Waals surface area contributed by atoms with E-state index in [-0.39, 0.29) is 0 Å². The highest BCUT2D eigenvalue weighted by molar-refractivity contribution is 6.31. The van der Waals surface area contributed by atoms with Gasteiger partial charge in [-0.05, 0) is 31.7 Å². The minimum absolute atomic E-state index is 0.325. The van der Waals surface area contributed by atoms with Crippen LogP contribution in [0, 0.1) is 0 Å². The second kappa shape index (κ2) is 7.65. The Morgan fingerprint density at radius 2 is 1.91 bits per heavy atom. The number of aliphatic hydroxyl groups excluding tert-OH is 1. The summed E-state index contributed by atoms with van der Waals surface area (Å²) in [5.41, 5.74) is 0.794. The number of hydrogen-bond acceptors (Lipinski definition) is 3. The van der Waals surface area contributed by atoms with E-state index in [1.165, 1.54) is 0 Å². The predicted molar refractivity (Wildman–Crippen MR) is 91.4 cm³/mol. The summed E-state index contributed by atoms with van der Waals surface area (Å²) in [6.45, 7) is 3.38. The molecule has 5 heteroatoms. The molecule has 0 bridgehead atoms. The van der Waals surface area contributed by atoms with Crippen molar-refractivity contribution < 1.29 is 9.90 Å². The highest BCUT2D eigenvalue weighted by Crippen LogP contribution is 2.26. The number of hydrogen-bond donors (Lipinski definition) is 1. The lowest BCUT2D eigenvalue weighted by atomic mass is 9.99. The number of β-amino-alcohol motifs (C(OH)–C–C–N with tert-alkyl or cyclic N) is 1. The highest BCUT2D eigenvalue weighted by Gasteiger charge is 2.30. The van der Waals surface area contributed by atoms with Crippen LogP contribution in [0.2, 0.25) is 5.02 Å². The summed E-state index contributed by atoms with van der Waals surface area (Å²) in [4.78, 5) is 16.4. The lowest BCUT2D eigenvalue weighted by Gasteiger charge is -2.40. The van der Waals surface area contributed by atoms with E-state index in [0.717, 1.165) is 50.9 Å². The van der Waals surface area contributed by atoms with Crippen LogP contribution in [0.4, 0.5) is 0 Å². The van der Waals surface area contributed by atoms with Gasteiger partial charge in [-0.25, -0.2) is 0 Å². The molecule has 126 valence electrons. The number of halogens is 1. The van der Waals surface area contributed by atoms with Gasteiger partial charge in [0.05, 0.1) is 6.10 Å². The van der Waals surface area contributed by atoms with Crippen LogP contribution in [-0.4, -0.2) is 53.0 Å². The van der Waals surface area contributed by atoms with Crippen molar-refractivity contribution in [1.82, 2.24) is 9.80 Å². The normalized spacial score (nSPS) is 22.3. The largest absolute Gasteiger partial charge is 0.387 e. The van der Waals surface area contributed by atoms with Gasteiger partial charge in [-0.15, -0.1) is 0 Å². The first kappa shape index (κ1) is 16.7. The van der Waals surface area contributed by atoms with Gasteiger partial charge < -0.3 is 14.9 Å². The van der Waals surface area contributed by atoms with E-state index in [4.69, 9.17) is 11.6 Å². The Morgan fingerprint density at radius 3 is 2.61 bits per heavy atom. The molecular formula is C18H25ClN2O2. The van der Waals surface area contributed by atoms with E-state index in [1.54, 1.807) is 0 Å². The lowest BCUT2D eigenvalue weighted by Crippen LogP contribution is -2.49. The molecule has 2 aliphatic rings. The van der Waals surface area contributed by atoms with Gasteiger partial charge in [-0.1, -0.05) is 29.8 Å². The van der Waals surface area contributed by atoms with Crippen molar-refractivity contribution in [2.24, 2.45) is 0 Å². The summed E-state index contributed by atoms with van der Waals surface area (Å²) in [6, 6.07) is 7.86. The molecule has 2 aliphatic heterocycles. The van der Waals surface area contributed by atoms with Gasteiger partial charge in [0, 0.05) is 49.2 Å². The van der Waals surface area contributed by atoms with Crippen molar-refractivity contribution in [3.05, 3.63) is 34.9 Å². The Morgan fingerprint density at radius 1 is 1.17 bits per heavy atom. The van der Waals surface area contributed by atoms with Crippen molar-refractivity contribution in [3.63, 3.8) is 0 Å². The zero-order chi connectivity index (χ0) is 16.2. The number of nitrogens with zero attached hydrogens (tertiary/aromatic N) is 2. The first-order chi connectivity index (χ1) is 11.1. The molecule has 4 nitrogen and oxygen atoms in total. The Balaban J connectivity index is 1.51. The molecule has 1 aromatic carbocycles. The standard InChI is InChI=1S/C18H25ClN2O2/c19-16-6-2-1-5-15(16)17(22)13-20-11-8-14(9-12-20)21-10-4-3-7-18(21)23/h1-2,5-6,14,17,22H,3-4,7-13H2. The minimum Gasteiger partial charge on any atom is -0.387 e. The number of aliphatic hydroxyl groups is 1. The van der Waals surface area contributed by atoms with Crippen molar-refractivity contribution in [2.75, 3.05) is 26.2 Å². The maximum Gasteiger partial charge on any atom is 0.222 e. The number of carbonyl (C=O) groups is 1. The maximum absolute atomic E-state index is 12.0. The highest BCUT2D eigenvalue weighted by atomic mass is 35.5. The molecule has 0 aromatic heterocycles. The van der Waals surface area contributed by atoms with E-state index in [2.05, 4.69) is 9.80 Å². The van der Waals surface area contributed by atoms with Crippen LogP contribution in [0.1, 0.15) is 43.8 Å². The molecule has 1 unspecified atom stereocenters. The predicted octanol–water partition coefficient (Wildman–Crippen LogP) is 2.85. The van der Waals surface area contributed by atoms with E-state index in [1.807, 2.05) is 24.3 Å². The van der Waals surface area contributed by atoms with E-state index in [0.29, 0.717) is 29.9 Å². The monoisotopic (exact) mass is 336 g/mol. The van der Waals surface area contributed by atoms with E-state index < -0.39 is 6.10 Å². The molecule has 0 spiro atoms. The average Bonchev–Trinajstić information content (AvgIpc) is 2.56. The van der Waals surface area contributed by atoms with Gasteiger partial charge in [0.2, 0.25) is 5.91 Å². The van der Waals surface area contributed by atoms with Crippen LogP contribution < -0.4 is 0 Å². The van der Waals surface area contributed by atoms with Crippen molar-refractivity contribution in [2.45, 2.75) is 44.2 Å². The quantitative estimate of drug-likeness (QED) is 0.919. The molecule has 0 saturated carbocycles. The van der Waals surface area contributed by atoms with Gasteiger partial charge in [-0.3, -0.25) is 4.79 Å². The molecule has 0 radical (unpaired) electrons. The molecule has 23 heavy (non-hydrogen) atoms. The summed E-state index contributed by atoms with van der Waals surface area (Å²) in [7, 11) is 0. The number of likely N-dealkylation sites (tertiary alicyclic amines) is 2. The SMILES string of the molecule is O=C1CCCCN1C1CCN(CC(O)c2ccccc2Cl)CC1. The van der Waals surface area contributed by atoms with Crippen LogP contribution >= 0.6 is 11.6 Å². The molecule has 1 N–H and O–H groups in total. The van der Waals surface area contributed by atoms with Crippen molar-refractivity contribution in [1.29, 1.82) is 0 Å². The molecular weight excluding hydrogens is 312 g/mol. The van der Waals surface area contributed by atoms with Crippen LogP contribution in [0.25, 0.3) is 0 Å². The smallest absolute Gasteiger partial charge is 0.222 e. The summed E-state index contributed by atoms with van der Waals surface area (Å²) >= 11 is 6.15. The Labute approximate surface area is 143 Å². The second-order valence-electron chi connectivity index (χ2n) is 6.61. The summed E-state index contributed by atoms with van der Waals surface area (Å²) in [6.07, 6.45) is 4.33. The molecule has 3 rings (SSSR count). The van der Waals surface area contributed by atoms with Crippen molar-refractivity contribution >= 4 is 17.5 Å². The number of benzene rings is 1. The second-order valence-corrected chi connectivity index (χ2v) is 7.02. The maximum atomic E-state index is 12.0. The van der Waals surface area contributed by atoms with Crippen LogP contribution in [0.5, 0.6) is 0 Å². The van der Waals surface area contributed by atoms with Gasteiger partial charge in [0.25, 0.3) is 0 Å². The van der Waals surface area contributed by atoms with Gasteiger partial charge in [0.15, 0.2) is 0 Å². The first-order valence-electron chi connectivity index (χ1n) is 8.59. The molecule has 1 amide bonds. The third-order valence-corrected chi connectivity index (χ3v) is 5.40. The third kappa shape index (κ3) is 4.06. The first-order valence-corrected chi connectivity index (χ1v) is 8.97. The molecule has 2 saturated heterocycles. The summed E-state index contributed by atoms with van der Waals surface area (Å²) in [5.74, 6) is 0.325. The van der Waals surface area contributed by atoms with Crippen LogP contribution in [0.15, 0.2) is 24.3 Å². The zero-order valence-corrected chi connectivity index (χ0v) is 14.2. The minimum atomic E-state index is -0.558. The number of piperidine rings is 2. The lowest BCUT2D eigenvalue weighted by molar-refractivity contribution is -0.136. The zero-order valence-electron chi connectivity index (χ0n) is 13.5. The van der Waals surface area contributed by atoms with Gasteiger partial charge in [0.1, 0.15) is 0 Å². The van der Waals surface area contributed by atoms with Gasteiger partial charge in [-0.2, -0.15) is 0 Å². The van der Waals surface area contributed by atoms with Gasteiger partial charge >= 0.3 is 0 Å². The number of amides is 1. The number of carbonyl (C=O) groups excluding carboxylic acids is 1. The molecule has 1 atom stereocenters.